The van der Waals surface area contributed by atoms with E-state index in [4.69, 9.17) is 10.1 Å². The maximum Gasteiger partial charge on any atom is 0.180 e. The molecule has 2 aromatic carbocycles. The number of pyridine rings is 1. The molecule has 0 spiro atoms. The third kappa shape index (κ3) is 4.12. The third-order valence-electron chi connectivity index (χ3n) is 5.31. The Hall–Kier alpha value is -2.68. The molecule has 0 fully saturated rings. The lowest BCUT2D eigenvalue weighted by atomic mass is 10.1. The van der Waals surface area contributed by atoms with Crippen molar-refractivity contribution in [2.75, 3.05) is 35.7 Å². The largest absolute Gasteiger partial charge is 0.394 e. The van der Waals surface area contributed by atoms with Crippen LogP contribution in [0.3, 0.4) is 0 Å². The molecule has 0 bridgehead atoms. The van der Waals surface area contributed by atoms with Gasteiger partial charge in [0.25, 0.3) is 0 Å². The second-order valence-corrected chi connectivity index (χ2v) is 9.69. The van der Waals surface area contributed by atoms with E-state index in [0.717, 1.165) is 27.7 Å². The lowest BCUT2D eigenvalue weighted by Gasteiger charge is -2.23. The number of aromatic nitrogens is 1. The highest BCUT2D eigenvalue weighted by molar-refractivity contribution is 7.91. The smallest absolute Gasteiger partial charge is 0.180 e. The van der Waals surface area contributed by atoms with Gasteiger partial charge in [0, 0.05) is 36.8 Å². The van der Waals surface area contributed by atoms with E-state index in [1.807, 2.05) is 48.2 Å². The van der Waals surface area contributed by atoms with Gasteiger partial charge >= 0.3 is 0 Å². The Morgan fingerprint density at radius 3 is 2.80 bits per heavy atom. The van der Waals surface area contributed by atoms with Crippen molar-refractivity contribution in [2.45, 2.75) is 24.5 Å². The predicted octanol–water partition coefficient (Wildman–Crippen LogP) is 2.10. The average molecular weight is 428 g/mol. The van der Waals surface area contributed by atoms with Gasteiger partial charge in [0.05, 0.1) is 28.9 Å². The average Bonchev–Trinajstić information content (AvgIpc) is 2.88. The summed E-state index contributed by atoms with van der Waals surface area (Å²) in [5.74, 6) is 0.683. The predicted molar refractivity (Wildman–Crippen MR) is 118 cm³/mol. The molecule has 1 unspecified atom stereocenters. The number of fused-ring (bicyclic) bond motifs is 2. The number of hydrogen-bond acceptors (Lipinski definition) is 7. The fourth-order valence-electron chi connectivity index (χ4n) is 3.68. The van der Waals surface area contributed by atoms with Crippen molar-refractivity contribution >= 4 is 32.2 Å². The van der Waals surface area contributed by atoms with Crippen LogP contribution in [0.1, 0.15) is 11.1 Å². The minimum absolute atomic E-state index is 0.0175. The molecule has 8 heteroatoms. The summed E-state index contributed by atoms with van der Waals surface area (Å²) in [6.07, 6.45) is -0.878. The highest BCUT2D eigenvalue weighted by Gasteiger charge is 2.26. The van der Waals surface area contributed by atoms with E-state index in [2.05, 4.69) is 5.32 Å². The Balaban J connectivity index is 1.76. The maximum absolute atomic E-state index is 12.7. The van der Waals surface area contributed by atoms with Crippen molar-refractivity contribution in [3.05, 3.63) is 59.7 Å². The Kier molecular flexibility index (Phi) is 5.64. The van der Waals surface area contributed by atoms with Crippen LogP contribution in [0.25, 0.3) is 10.9 Å². The number of aliphatic hydroxyl groups excluding tert-OH is 2. The van der Waals surface area contributed by atoms with Crippen molar-refractivity contribution in [3.63, 3.8) is 0 Å². The minimum Gasteiger partial charge on any atom is -0.394 e. The molecule has 1 aliphatic rings. The van der Waals surface area contributed by atoms with Gasteiger partial charge in [-0.05, 0) is 30.7 Å². The molecule has 0 radical (unpaired) electrons. The number of benzene rings is 2. The fourth-order valence-corrected chi connectivity index (χ4v) is 5.18. The normalized spacial score (nSPS) is 16.7. The standard InChI is InChI=1S/C22H25N3O4S/c1-15-6-7-19-18(10-15)20(23-12-17(27)14-26)11-22(24-19)25-8-9-30(28,29)21-5-3-2-4-16(21)13-25/h2-7,10-11,17,26-27H,8-9,12-14H2,1H3,(H,23,24). The van der Waals surface area contributed by atoms with Gasteiger partial charge in [-0.25, -0.2) is 13.4 Å². The summed E-state index contributed by atoms with van der Waals surface area (Å²) in [5, 5.41) is 23.0. The lowest BCUT2D eigenvalue weighted by Crippen LogP contribution is -2.27. The summed E-state index contributed by atoms with van der Waals surface area (Å²) in [5.41, 5.74) is 3.40. The SMILES string of the molecule is Cc1ccc2nc(N3CCS(=O)(=O)c4ccccc4C3)cc(NCC(O)CO)c2c1. The molecule has 158 valence electrons. The first-order valence-corrected chi connectivity index (χ1v) is 11.5. The van der Waals surface area contributed by atoms with E-state index < -0.39 is 15.9 Å². The summed E-state index contributed by atoms with van der Waals surface area (Å²) in [6, 6.07) is 14.9. The molecule has 4 rings (SSSR count). The first kappa shape index (κ1) is 20.6. The van der Waals surface area contributed by atoms with Crippen LogP contribution < -0.4 is 10.2 Å². The summed E-state index contributed by atoms with van der Waals surface area (Å²) in [6.45, 7) is 2.64. The number of rotatable bonds is 5. The molecular weight excluding hydrogens is 402 g/mol. The van der Waals surface area contributed by atoms with E-state index in [9.17, 15) is 13.5 Å². The van der Waals surface area contributed by atoms with Gasteiger partial charge in [-0.1, -0.05) is 29.8 Å². The lowest BCUT2D eigenvalue weighted by molar-refractivity contribution is 0.105. The molecule has 1 aliphatic heterocycles. The molecular formula is C22H25N3O4S. The molecule has 1 atom stereocenters. The van der Waals surface area contributed by atoms with Gasteiger partial charge in [0.2, 0.25) is 0 Å². The van der Waals surface area contributed by atoms with Crippen LogP contribution in [0.5, 0.6) is 0 Å². The van der Waals surface area contributed by atoms with Crippen LogP contribution in [0.15, 0.2) is 53.4 Å². The fraction of sp³-hybridized carbons (Fsp3) is 0.318. The van der Waals surface area contributed by atoms with Gasteiger partial charge in [-0.2, -0.15) is 0 Å². The quantitative estimate of drug-likeness (QED) is 0.573. The number of hydrogen-bond donors (Lipinski definition) is 3. The van der Waals surface area contributed by atoms with Crippen LogP contribution in [0.2, 0.25) is 0 Å². The first-order valence-electron chi connectivity index (χ1n) is 9.87. The zero-order valence-electron chi connectivity index (χ0n) is 16.7. The van der Waals surface area contributed by atoms with Crippen LogP contribution in [0, 0.1) is 6.92 Å². The Morgan fingerprint density at radius 2 is 2.00 bits per heavy atom. The molecule has 7 nitrogen and oxygen atoms in total. The molecule has 0 aliphatic carbocycles. The molecule has 3 aromatic rings. The topological polar surface area (TPSA) is 103 Å². The zero-order chi connectivity index (χ0) is 21.3. The van der Waals surface area contributed by atoms with E-state index in [0.29, 0.717) is 23.8 Å². The second-order valence-electron chi connectivity index (χ2n) is 7.61. The Bertz CT molecular complexity index is 1180. The van der Waals surface area contributed by atoms with Crippen molar-refractivity contribution < 1.29 is 18.6 Å². The van der Waals surface area contributed by atoms with Crippen molar-refractivity contribution in [2.24, 2.45) is 0 Å². The molecule has 3 N–H and O–H groups in total. The number of sulfone groups is 1. The Morgan fingerprint density at radius 1 is 1.20 bits per heavy atom. The maximum atomic E-state index is 12.7. The monoisotopic (exact) mass is 427 g/mol. The van der Waals surface area contributed by atoms with Gasteiger partial charge in [0.1, 0.15) is 5.82 Å². The van der Waals surface area contributed by atoms with E-state index in [1.165, 1.54) is 0 Å². The van der Waals surface area contributed by atoms with Crippen LogP contribution in [0.4, 0.5) is 11.5 Å². The summed E-state index contributed by atoms with van der Waals surface area (Å²) < 4.78 is 25.4. The minimum atomic E-state index is -3.35. The number of nitrogens with zero attached hydrogens (tertiary/aromatic N) is 2. The molecule has 1 aromatic heterocycles. The highest BCUT2D eigenvalue weighted by atomic mass is 32.2. The third-order valence-corrected chi connectivity index (χ3v) is 7.10. The molecule has 2 heterocycles. The van der Waals surface area contributed by atoms with Crippen LogP contribution in [-0.2, 0) is 16.4 Å². The van der Waals surface area contributed by atoms with Gasteiger partial charge in [0.15, 0.2) is 9.84 Å². The van der Waals surface area contributed by atoms with Gasteiger partial charge < -0.3 is 20.4 Å². The van der Waals surface area contributed by atoms with Gasteiger partial charge in [-0.15, -0.1) is 0 Å². The zero-order valence-corrected chi connectivity index (χ0v) is 17.6. The number of aryl methyl sites for hydroxylation is 1. The molecule has 0 saturated heterocycles. The van der Waals surface area contributed by atoms with Crippen LogP contribution in [-0.4, -0.2) is 55.2 Å². The highest BCUT2D eigenvalue weighted by Crippen LogP contribution is 2.31. The van der Waals surface area contributed by atoms with Crippen molar-refractivity contribution in [1.29, 1.82) is 0 Å². The summed E-state index contributed by atoms with van der Waals surface area (Å²) in [4.78, 5) is 7.14. The number of anilines is 2. The first-order chi connectivity index (χ1) is 14.4. The number of aliphatic hydroxyl groups is 2. The molecule has 0 amide bonds. The van der Waals surface area contributed by atoms with Crippen molar-refractivity contribution in [3.8, 4) is 0 Å². The van der Waals surface area contributed by atoms with E-state index in [-0.39, 0.29) is 18.9 Å². The van der Waals surface area contributed by atoms with Gasteiger partial charge in [-0.3, -0.25) is 0 Å². The molecule has 0 saturated carbocycles. The van der Waals surface area contributed by atoms with Crippen LogP contribution >= 0.6 is 0 Å². The van der Waals surface area contributed by atoms with E-state index in [1.54, 1.807) is 12.1 Å². The summed E-state index contributed by atoms with van der Waals surface area (Å²) in [7, 11) is -3.35. The number of nitrogens with one attached hydrogen (secondary N) is 1. The van der Waals surface area contributed by atoms with E-state index >= 15 is 0 Å². The Labute approximate surface area is 175 Å². The summed E-state index contributed by atoms with van der Waals surface area (Å²) >= 11 is 0. The second kappa shape index (κ2) is 8.22. The molecule has 30 heavy (non-hydrogen) atoms. The van der Waals surface area contributed by atoms with Crippen molar-refractivity contribution in [1.82, 2.24) is 4.98 Å².